The molecule has 25 heavy (non-hydrogen) atoms. The molecular weight excluding hydrogens is 362 g/mol. The van der Waals surface area contributed by atoms with E-state index >= 15 is 0 Å². The van der Waals surface area contributed by atoms with Gasteiger partial charge in [-0.2, -0.15) is 0 Å². The van der Waals surface area contributed by atoms with Gasteiger partial charge < -0.3 is 19.5 Å². The fourth-order valence-electron chi connectivity index (χ4n) is 2.60. The van der Waals surface area contributed by atoms with Gasteiger partial charge in [-0.1, -0.05) is 28.0 Å². The van der Waals surface area contributed by atoms with Crippen molar-refractivity contribution in [1.82, 2.24) is 0 Å². The summed E-state index contributed by atoms with van der Waals surface area (Å²) >= 11 is 0. The van der Waals surface area contributed by atoms with E-state index in [4.69, 9.17) is 14.2 Å². The predicted molar refractivity (Wildman–Crippen MR) is 99.1 cm³/mol. The molecule has 3 rings (SSSR count). The number of esters is 1. The second kappa shape index (κ2) is 9.24. The van der Waals surface area contributed by atoms with Crippen molar-refractivity contribution >= 4 is 39.2 Å². The Morgan fingerprint density at radius 3 is 2.96 bits per heavy atom. The fourth-order valence-corrected chi connectivity index (χ4v) is 5.62. The van der Waals surface area contributed by atoms with Crippen LogP contribution < -0.4 is 14.8 Å². The maximum Gasteiger partial charge on any atom is 0.306 e. The molecule has 1 aromatic rings. The number of anilines is 1. The Morgan fingerprint density at radius 1 is 1.24 bits per heavy atom. The van der Waals surface area contributed by atoms with Crippen molar-refractivity contribution in [3.8, 4) is 11.5 Å². The minimum Gasteiger partial charge on any atom is -0.456 e. The van der Waals surface area contributed by atoms with Crippen LogP contribution in [0, 0.1) is 0 Å². The maximum absolute atomic E-state index is 11.9. The first kappa shape index (κ1) is 18.3. The van der Waals surface area contributed by atoms with Crippen molar-refractivity contribution in [2.75, 3.05) is 24.5 Å². The molecule has 0 aromatic heterocycles. The molecule has 0 aliphatic carbocycles. The Kier molecular flexibility index (Phi) is 6.75. The van der Waals surface area contributed by atoms with Crippen LogP contribution in [0.5, 0.6) is 11.5 Å². The summed E-state index contributed by atoms with van der Waals surface area (Å²) in [5, 5.41) is 3.40. The summed E-state index contributed by atoms with van der Waals surface area (Å²) in [5.74, 6) is 1.78. The molecule has 2 aliphatic heterocycles. The van der Waals surface area contributed by atoms with Crippen LogP contribution in [0.1, 0.15) is 32.1 Å². The lowest BCUT2D eigenvalue weighted by Gasteiger charge is -2.08. The Morgan fingerprint density at radius 2 is 2.12 bits per heavy atom. The normalized spacial score (nSPS) is 18.2. The number of hydrogen-bond donors (Lipinski definition) is 1. The van der Waals surface area contributed by atoms with Gasteiger partial charge in [-0.3, -0.25) is 9.59 Å². The zero-order valence-electron chi connectivity index (χ0n) is 13.8. The molecule has 6 nitrogen and oxygen atoms in total. The van der Waals surface area contributed by atoms with Crippen LogP contribution in [-0.2, 0) is 14.3 Å². The van der Waals surface area contributed by atoms with E-state index in [1.54, 1.807) is 18.2 Å². The van der Waals surface area contributed by atoms with Gasteiger partial charge >= 0.3 is 5.97 Å². The standard InChI is InChI=1S/C17H21NO5S2/c19-16(18-12-5-6-14-15(9-12)23-11-22-14)10-21-17(20)4-2-1-3-13-7-8-24-25-13/h5-6,9,13H,1-4,7-8,10-11H2,(H,18,19)/t13-/m0/s1. The number of ether oxygens (including phenoxy) is 3. The zero-order chi connectivity index (χ0) is 17.5. The number of hydrogen-bond acceptors (Lipinski definition) is 7. The first-order valence-electron chi connectivity index (χ1n) is 8.34. The topological polar surface area (TPSA) is 73.9 Å². The van der Waals surface area contributed by atoms with Gasteiger partial charge in [0.2, 0.25) is 6.79 Å². The zero-order valence-corrected chi connectivity index (χ0v) is 15.5. The van der Waals surface area contributed by atoms with E-state index in [1.807, 2.05) is 21.6 Å². The lowest BCUT2D eigenvalue weighted by atomic mass is 10.1. The van der Waals surface area contributed by atoms with E-state index in [2.05, 4.69) is 5.32 Å². The lowest BCUT2D eigenvalue weighted by Crippen LogP contribution is -2.20. The highest BCUT2D eigenvalue weighted by molar-refractivity contribution is 8.77. The van der Waals surface area contributed by atoms with Crippen molar-refractivity contribution in [2.24, 2.45) is 0 Å². The molecule has 2 heterocycles. The van der Waals surface area contributed by atoms with Gasteiger partial charge in [-0.25, -0.2) is 0 Å². The molecule has 1 N–H and O–H groups in total. The minimum atomic E-state index is -0.369. The lowest BCUT2D eigenvalue weighted by molar-refractivity contribution is -0.147. The third kappa shape index (κ3) is 5.74. The minimum absolute atomic E-state index is 0.183. The number of unbranched alkanes of at least 4 members (excludes halogenated alkanes) is 1. The smallest absolute Gasteiger partial charge is 0.306 e. The van der Waals surface area contributed by atoms with Crippen LogP contribution in [0.4, 0.5) is 5.69 Å². The van der Waals surface area contributed by atoms with E-state index in [0.29, 0.717) is 23.6 Å². The first-order valence-corrected chi connectivity index (χ1v) is 10.7. The van der Waals surface area contributed by atoms with Gasteiger partial charge in [-0.15, -0.1) is 0 Å². The van der Waals surface area contributed by atoms with Gasteiger partial charge in [0, 0.05) is 29.2 Å². The SMILES string of the molecule is O=C(COC(=O)CCCC[C@H]1CCSS1)Nc1ccc2c(c1)OCO2. The summed E-state index contributed by atoms with van der Waals surface area (Å²) in [6, 6.07) is 5.12. The molecule has 1 saturated heterocycles. The van der Waals surface area contributed by atoms with E-state index in [0.717, 1.165) is 24.5 Å². The van der Waals surface area contributed by atoms with Crippen LogP contribution in [0.25, 0.3) is 0 Å². The molecule has 8 heteroatoms. The van der Waals surface area contributed by atoms with Crippen molar-refractivity contribution in [3.63, 3.8) is 0 Å². The Balaban J connectivity index is 1.29. The van der Waals surface area contributed by atoms with Gasteiger partial charge in [0.1, 0.15) is 0 Å². The molecule has 0 bridgehead atoms. The molecule has 136 valence electrons. The van der Waals surface area contributed by atoms with Gasteiger partial charge in [0.25, 0.3) is 5.91 Å². The number of fused-ring (bicyclic) bond motifs is 1. The van der Waals surface area contributed by atoms with Crippen LogP contribution >= 0.6 is 21.6 Å². The van der Waals surface area contributed by atoms with Crippen LogP contribution in [0.2, 0.25) is 0 Å². The Hall–Kier alpha value is -1.54. The predicted octanol–water partition coefficient (Wildman–Crippen LogP) is 3.61. The number of benzene rings is 1. The van der Waals surface area contributed by atoms with Gasteiger partial charge in [0.05, 0.1) is 0 Å². The summed E-state index contributed by atoms with van der Waals surface area (Å²) in [6.07, 6.45) is 4.61. The Labute approximate surface area is 154 Å². The number of nitrogens with one attached hydrogen (secondary N) is 1. The second-order valence-corrected chi connectivity index (χ2v) is 8.64. The summed E-state index contributed by atoms with van der Waals surface area (Å²) in [6.45, 7) is -0.0923. The molecule has 0 saturated carbocycles. The van der Waals surface area contributed by atoms with Crippen LogP contribution in [0.3, 0.4) is 0 Å². The first-order chi connectivity index (χ1) is 12.2. The van der Waals surface area contributed by atoms with Gasteiger partial charge in [-0.05, 0) is 31.4 Å². The molecule has 2 aliphatic rings. The quantitative estimate of drug-likeness (QED) is 0.417. The number of rotatable bonds is 8. The van der Waals surface area contributed by atoms with E-state index in [-0.39, 0.29) is 25.3 Å². The summed E-state index contributed by atoms with van der Waals surface area (Å²) in [4.78, 5) is 23.6. The average Bonchev–Trinajstić information content (AvgIpc) is 3.28. The van der Waals surface area contributed by atoms with E-state index in [1.165, 1.54) is 12.2 Å². The molecule has 1 atom stereocenters. The molecule has 0 radical (unpaired) electrons. The number of carbonyl (C=O) groups is 2. The summed E-state index contributed by atoms with van der Waals surface area (Å²) < 4.78 is 15.5. The number of carbonyl (C=O) groups excluding carboxylic acids is 2. The highest BCUT2D eigenvalue weighted by Crippen LogP contribution is 2.39. The second-order valence-electron chi connectivity index (χ2n) is 5.85. The maximum atomic E-state index is 11.9. The molecule has 0 spiro atoms. The molecule has 0 unspecified atom stereocenters. The third-order valence-electron chi connectivity index (χ3n) is 3.90. The highest BCUT2D eigenvalue weighted by Gasteiger charge is 2.17. The van der Waals surface area contributed by atoms with Crippen molar-refractivity contribution < 1.29 is 23.8 Å². The molecule has 1 amide bonds. The van der Waals surface area contributed by atoms with Crippen LogP contribution in [0.15, 0.2) is 18.2 Å². The average molecular weight is 383 g/mol. The highest BCUT2D eigenvalue weighted by atomic mass is 33.1. The monoisotopic (exact) mass is 383 g/mol. The molecular formula is C17H21NO5S2. The van der Waals surface area contributed by atoms with Crippen LogP contribution in [-0.4, -0.2) is 36.3 Å². The van der Waals surface area contributed by atoms with E-state index < -0.39 is 0 Å². The van der Waals surface area contributed by atoms with Crippen molar-refractivity contribution in [2.45, 2.75) is 37.4 Å². The summed E-state index contributed by atoms with van der Waals surface area (Å²) in [7, 11) is 3.89. The summed E-state index contributed by atoms with van der Waals surface area (Å²) in [5.41, 5.74) is 0.581. The van der Waals surface area contributed by atoms with E-state index in [9.17, 15) is 9.59 Å². The number of amides is 1. The fraction of sp³-hybridized carbons (Fsp3) is 0.529. The molecule has 1 aromatic carbocycles. The van der Waals surface area contributed by atoms with Gasteiger partial charge in [0.15, 0.2) is 18.1 Å². The van der Waals surface area contributed by atoms with Crippen molar-refractivity contribution in [3.05, 3.63) is 18.2 Å². The molecule has 1 fully saturated rings. The Bertz CT molecular complexity index is 619. The largest absolute Gasteiger partial charge is 0.456 e. The van der Waals surface area contributed by atoms with Crippen molar-refractivity contribution in [1.29, 1.82) is 0 Å². The third-order valence-corrected chi connectivity index (χ3v) is 6.91.